The van der Waals surface area contributed by atoms with Crippen molar-refractivity contribution in [3.63, 3.8) is 0 Å². The summed E-state index contributed by atoms with van der Waals surface area (Å²) in [5.74, 6) is 1.26. The van der Waals surface area contributed by atoms with Gasteiger partial charge in [0.25, 0.3) is 0 Å². The van der Waals surface area contributed by atoms with Crippen molar-refractivity contribution in [2.75, 3.05) is 23.7 Å². The summed E-state index contributed by atoms with van der Waals surface area (Å²) in [6.45, 7) is 5.70. The van der Waals surface area contributed by atoms with Gasteiger partial charge in [-0.05, 0) is 12.3 Å². The lowest BCUT2D eigenvalue weighted by atomic mass is 10.2. The van der Waals surface area contributed by atoms with E-state index in [0.717, 1.165) is 12.4 Å². The number of nitrogens with one attached hydrogen (secondary N) is 2. The lowest BCUT2D eigenvalue weighted by molar-refractivity contribution is -0.137. The largest absolute Gasteiger partial charge is 0.481 e. The molecule has 0 atom stereocenters. The van der Waals surface area contributed by atoms with E-state index >= 15 is 0 Å². The van der Waals surface area contributed by atoms with Gasteiger partial charge < -0.3 is 15.7 Å². The summed E-state index contributed by atoms with van der Waals surface area (Å²) in [4.78, 5) is 18.5. The van der Waals surface area contributed by atoms with E-state index in [1.54, 1.807) is 0 Å². The van der Waals surface area contributed by atoms with Gasteiger partial charge in [-0.1, -0.05) is 13.8 Å². The number of rotatable bonds is 8. The highest BCUT2D eigenvalue weighted by Gasteiger charge is 2.00. The molecule has 0 fully saturated rings. The number of aromatic nitrogens is 2. The Kier molecular flexibility index (Phi) is 5.90. The average molecular weight is 252 g/mol. The summed E-state index contributed by atoms with van der Waals surface area (Å²) < 4.78 is 0. The predicted molar refractivity (Wildman–Crippen MR) is 70.7 cm³/mol. The van der Waals surface area contributed by atoms with Crippen LogP contribution in [-0.4, -0.2) is 34.1 Å². The normalized spacial score (nSPS) is 10.4. The molecule has 0 saturated heterocycles. The van der Waals surface area contributed by atoms with Crippen LogP contribution in [0.2, 0.25) is 0 Å². The van der Waals surface area contributed by atoms with Crippen LogP contribution in [0.3, 0.4) is 0 Å². The number of carbonyl (C=O) groups is 1. The van der Waals surface area contributed by atoms with Gasteiger partial charge in [-0.25, -0.2) is 9.97 Å². The van der Waals surface area contributed by atoms with Crippen molar-refractivity contribution < 1.29 is 9.90 Å². The van der Waals surface area contributed by atoms with Crippen molar-refractivity contribution in [2.24, 2.45) is 5.92 Å². The molecule has 0 amide bonds. The predicted octanol–water partition coefficient (Wildman–Crippen LogP) is 1.82. The smallest absolute Gasteiger partial charge is 0.303 e. The molecule has 1 aromatic heterocycles. The third kappa shape index (κ3) is 6.03. The van der Waals surface area contributed by atoms with Crippen molar-refractivity contribution in [1.29, 1.82) is 0 Å². The van der Waals surface area contributed by atoms with Gasteiger partial charge in [0.05, 0.1) is 0 Å². The second kappa shape index (κ2) is 7.47. The Morgan fingerprint density at radius 1 is 1.33 bits per heavy atom. The van der Waals surface area contributed by atoms with Gasteiger partial charge in [-0.2, -0.15) is 0 Å². The SMILES string of the molecule is CC(C)CNc1cc(NCCCC(=O)O)ncn1. The molecule has 1 rings (SSSR count). The van der Waals surface area contributed by atoms with E-state index in [0.29, 0.717) is 24.7 Å². The van der Waals surface area contributed by atoms with E-state index in [1.807, 2.05) is 6.07 Å². The second-order valence-electron chi connectivity index (χ2n) is 4.49. The van der Waals surface area contributed by atoms with Gasteiger partial charge in [0.2, 0.25) is 0 Å². The minimum atomic E-state index is -0.779. The number of nitrogens with zero attached hydrogens (tertiary/aromatic N) is 2. The quantitative estimate of drug-likeness (QED) is 0.612. The monoisotopic (exact) mass is 252 g/mol. The molecule has 18 heavy (non-hydrogen) atoms. The van der Waals surface area contributed by atoms with E-state index in [4.69, 9.17) is 5.11 Å². The number of aliphatic carboxylic acids is 1. The van der Waals surface area contributed by atoms with Crippen molar-refractivity contribution >= 4 is 17.6 Å². The first-order valence-electron chi connectivity index (χ1n) is 6.09. The molecule has 0 spiro atoms. The molecule has 0 aliphatic rings. The molecule has 0 aliphatic heterocycles. The summed E-state index contributed by atoms with van der Waals surface area (Å²) in [6.07, 6.45) is 2.23. The zero-order chi connectivity index (χ0) is 13.4. The Bertz CT molecular complexity index is 382. The van der Waals surface area contributed by atoms with Crippen LogP contribution in [0.1, 0.15) is 26.7 Å². The van der Waals surface area contributed by atoms with Crippen molar-refractivity contribution in [2.45, 2.75) is 26.7 Å². The van der Waals surface area contributed by atoms with E-state index in [9.17, 15) is 4.79 Å². The number of hydrogen-bond donors (Lipinski definition) is 3. The molecule has 3 N–H and O–H groups in total. The van der Waals surface area contributed by atoms with Crippen LogP contribution in [0.5, 0.6) is 0 Å². The maximum absolute atomic E-state index is 10.4. The molecule has 0 unspecified atom stereocenters. The summed E-state index contributed by atoms with van der Waals surface area (Å²) in [5, 5.41) is 14.8. The van der Waals surface area contributed by atoms with Crippen LogP contribution in [0.15, 0.2) is 12.4 Å². The van der Waals surface area contributed by atoms with Crippen molar-refractivity contribution in [3.8, 4) is 0 Å². The number of anilines is 2. The van der Waals surface area contributed by atoms with E-state index in [1.165, 1.54) is 6.33 Å². The standard InChI is InChI=1S/C12H20N4O2/c1-9(2)7-14-11-6-10(15-8-16-11)13-5-3-4-12(17)18/h6,8-9H,3-5,7H2,1-2H3,(H,17,18)(H2,13,14,15,16). The molecule has 6 heteroatoms. The summed E-state index contributed by atoms with van der Waals surface area (Å²) >= 11 is 0. The van der Waals surface area contributed by atoms with E-state index in [-0.39, 0.29) is 6.42 Å². The molecule has 1 aromatic rings. The average Bonchev–Trinajstić information content (AvgIpc) is 2.32. The Hall–Kier alpha value is -1.85. The first kappa shape index (κ1) is 14.2. The van der Waals surface area contributed by atoms with Gasteiger partial charge in [0.1, 0.15) is 18.0 Å². The molecule has 100 valence electrons. The highest BCUT2D eigenvalue weighted by atomic mass is 16.4. The van der Waals surface area contributed by atoms with Crippen LogP contribution in [0, 0.1) is 5.92 Å². The van der Waals surface area contributed by atoms with Crippen molar-refractivity contribution in [3.05, 3.63) is 12.4 Å². The third-order valence-electron chi connectivity index (χ3n) is 2.23. The van der Waals surface area contributed by atoms with Gasteiger partial charge in [0.15, 0.2) is 0 Å². The fourth-order valence-corrected chi connectivity index (χ4v) is 1.32. The fourth-order valence-electron chi connectivity index (χ4n) is 1.32. The first-order chi connectivity index (χ1) is 8.58. The van der Waals surface area contributed by atoms with Crippen LogP contribution < -0.4 is 10.6 Å². The van der Waals surface area contributed by atoms with E-state index < -0.39 is 5.97 Å². The number of hydrogen-bond acceptors (Lipinski definition) is 5. The maximum Gasteiger partial charge on any atom is 0.303 e. The van der Waals surface area contributed by atoms with Crippen LogP contribution >= 0.6 is 0 Å². The number of carboxylic acid groups (broad SMARTS) is 1. The topological polar surface area (TPSA) is 87.1 Å². The first-order valence-corrected chi connectivity index (χ1v) is 6.09. The number of carboxylic acids is 1. The minimum Gasteiger partial charge on any atom is -0.481 e. The molecule has 0 aromatic carbocycles. The molecule has 0 bridgehead atoms. The molecule has 6 nitrogen and oxygen atoms in total. The van der Waals surface area contributed by atoms with Crippen LogP contribution in [-0.2, 0) is 4.79 Å². The van der Waals surface area contributed by atoms with Crippen LogP contribution in [0.4, 0.5) is 11.6 Å². The second-order valence-corrected chi connectivity index (χ2v) is 4.49. The van der Waals surface area contributed by atoms with Gasteiger partial charge in [0, 0.05) is 25.6 Å². The molecule has 1 heterocycles. The molecular weight excluding hydrogens is 232 g/mol. The Labute approximate surface area is 107 Å². The summed E-state index contributed by atoms with van der Waals surface area (Å²) in [7, 11) is 0. The summed E-state index contributed by atoms with van der Waals surface area (Å²) in [6, 6.07) is 1.82. The van der Waals surface area contributed by atoms with Gasteiger partial charge in [-0.3, -0.25) is 4.79 Å². The Morgan fingerprint density at radius 3 is 2.61 bits per heavy atom. The molecular formula is C12H20N4O2. The van der Waals surface area contributed by atoms with Crippen molar-refractivity contribution in [1.82, 2.24) is 9.97 Å². The molecule has 0 radical (unpaired) electrons. The Morgan fingerprint density at radius 2 is 2.00 bits per heavy atom. The molecule has 0 aliphatic carbocycles. The third-order valence-corrected chi connectivity index (χ3v) is 2.23. The lowest BCUT2D eigenvalue weighted by Gasteiger charge is -2.09. The maximum atomic E-state index is 10.4. The highest BCUT2D eigenvalue weighted by Crippen LogP contribution is 2.09. The van der Waals surface area contributed by atoms with Crippen LogP contribution in [0.25, 0.3) is 0 Å². The van der Waals surface area contributed by atoms with Gasteiger partial charge >= 0.3 is 5.97 Å². The Balaban J connectivity index is 2.37. The van der Waals surface area contributed by atoms with Gasteiger partial charge in [-0.15, -0.1) is 0 Å². The highest BCUT2D eigenvalue weighted by molar-refractivity contribution is 5.66. The fraction of sp³-hybridized carbons (Fsp3) is 0.583. The zero-order valence-corrected chi connectivity index (χ0v) is 10.8. The lowest BCUT2D eigenvalue weighted by Crippen LogP contribution is -2.10. The zero-order valence-electron chi connectivity index (χ0n) is 10.8. The summed E-state index contributed by atoms with van der Waals surface area (Å²) in [5.41, 5.74) is 0. The minimum absolute atomic E-state index is 0.163. The van der Waals surface area contributed by atoms with E-state index in [2.05, 4.69) is 34.4 Å². The molecule has 0 saturated carbocycles.